The highest BCUT2D eigenvalue weighted by molar-refractivity contribution is 6.33. The van der Waals surface area contributed by atoms with E-state index < -0.39 is 0 Å². The van der Waals surface area contributed by atoms with E-state index >= 15 is 0 Å². The second kappa shape index (κ2) is 7.74. The maximum Gasteiger partial charge on any atom is 0.224 e. The normalized spacial score (nSPS) is 32.4. The molecular formula is C24H32ClN3O2. The summed E-state index contributed by atoms with van der Waals surface area (Å²) in [6.45, 7) is 4.60. The van der Waals surface area contributed by atoms with Crippen molar-refractivity contribution in [3.8, 4) is 0 Å². The Bertz CT molecular complexity index is 812. The van der Waals surface area contributed by atoms with Gasteiger partial charge in [0.15, 0.2) is 0 Å². The van der Waals surface area contributed by atoms with E-state index in [9.17, 15) is 9.59 Å². The van der Waals surface area contributed by atoms with E-state index in [-0.39, 0.29) is 17.2 Å². The Labute approximate surface area is 184 Å². The van der Waals surface area contributed by atoms with Crippen LogP contribution in [0.3, 0.4) is 0 Å². The van der Waals surface area contributed by atoms with Crippen LogP contribution in [0.4, 0.5) is 11.4 Å². The first-order valence-corrected chi connectivity index (χ1v) is 11.9. The molecule has 0 radical (unpaired) electrons. The molecule has 162 valence electrons. The van der Waals surface area contributed by atoms with Crippen molar-refractivity contribution in [3.05, 3.63) is 23.2 Å². The number of nitrogens with zero attached hydrogens (tertiary/aromatic N) is 2. The fraction of sp³-hybridized carbons (Fsp3) is 0.667. The van der Waals surface area contributed by atoms with E-state index in [2.05, 4.69) is 10.2 Å². The van der Waals surface area contributed by atoms with Crippen LogP contribution in [0.25, 0.3) is 0 Å². The molecule has 1 saturated heterocycles. The van der Waals surface area contributed by atoms with Crippen LogP contribution in [-0.4, -0.2) is 42.9 Å². The van der Waals surface area contributed by atoms with Crippen molar-refractivity contribution in [1.29, 1.82) is 0 Å². The second-order valence-electron chi connectivity index (χ2n) is 10.3. The first kappa shape index (κ1) is 20.2. The lowest BCUT2D eigenvalue weighted by atomic mass is 9.49. The third-order valence-corrected chi connectivity index (χ3v) is 8.30. The van der Waals surface area contributed by atoms with Crippen LogP contribution < -0.4 is 10.2 Å². The van der Waals surface area contributed by atoms with Crippen LogP contribution in [0.2, 0.25) is 5.02 Å². The minimum absolute atomic E-state index is 0.123. The summed E-state index contributed by atoms with van der Waals surface area (Å²) in [7, 11) is 0. The van der Waals surface area contributed by atoms with Crippen molar-refractivity contribution in [2.45, 2.75) is 51.9 Å². The lowest BCUT2D eigenvalue weighted by molar-refractivity contribution is -0.129. The number of halogens is 1. The minimum atomic E-state index is 0.123. The molecule has 1 aliphatic heterocycles. The van der Waals surface area contributed by atoms with Crippen molar-refractivity contribution in [1.82, 2.24) is 4.90 Å². The number of anilines is 2. The maximum absolute atomic E-state index is 12.9. The fourth-order valence-electron chi connectivity index (χ4n) is 7.16. The number of amides is 2. The molecular weight excluding hydrogens is 398 g/mol. The zero-order chi connectivity index (χ0) is 20.9. The van der Waals surface area contributed by atoms with Gasteiger partial charge in [0.25, 0.3) is 0 Å². The van der Waals surface area contributed by atoms with Crippen LogP contribution in [0.1, 0.15) is 51.9 Å². The van der Waals surface area contributed by atoms with Gasteiger partial charge in [-0.2, -0.15) is 0 Å². The van der Waals surface area contributed by atoms with Gasteiger partial charge in [-0.05, 0) is 79.9 Å². The van der Waals surface area contributed by atoms with E-state index in [1.165, 1.54) is 38.5 Å². The average molecular weight is 430 g/mol. The van der Waals surface area contributed by atoms with Gasteiger partial charge in [-0.1, -0.05) is 11.6 Å². The highest BCUT2D eigenvalue weighted by Crippen LogP contribution is 2.61. The van der Waals surface area contributed by atoms with Gasteiger partial charge in [-0.25, -0.2) is 0 Å². The summed E-state index contributed by atoms with van der Waals surface area (Å²) in [5.74, 6) is 2.84. The first-order valence-electron chi connectivity index (χ1n) is 11.5. The highest BCUT2D eigenvalue weighted by atomic mass is 35.5. The largest absolute Gasteiger partial charge is 0.367 e. The molecule has 4 saturated carbocycles. The number of nitrogens with one attached hydrogen (secondary N) is 1. The molecule has 1 aromatic carbocycles. The Morgan fingerprint density at radius 1 is 1.03 bits per heavy atom. The van der Waals surface area contributed by atoms with E-state index in [0.29, 0.717) is 11.4 Å². The van der Waals surface area contributed by atoms with Crippen molar-refractivity contribution in [3.63, 3.8) is 0 Å². The molecule has 6 heteroatoms. The number of rotatable bonds is 4. The summed E-state index contributed by atoms with van der Waals surface area (Å²) in [4.78, 5) is 28.5. The Morgan fingerprint density at radius 3 is 2.17 bits per heavy atom. The predicted molar refractivity (Wildman–Crippen MR) is 120 cm³/mol. The van der Waals surface area contributed by atoms with Gasteiger partial charge in [0.1, 0.15) is 0 Å². The summed E-state index contributed by atoms with van der Waals surface area (Å²) in [5.41, 5.74) is 2.00. The molecule has 1 N–H and O–H groups in total. The smallest absolute Gasteiger partial charge is 0.224 e. The Morgan fingerprint density at radius 2 is 1.63 bits per heavy atom. The summed E-state index contributed by atoms with van der Waals surface area (Å²) in [5, 5.41) is 3.77. The van der Waals surface area contributed by atoms with Crippen LogP contribution >= 0.6 is 11.6 Å². The van der Waals surface area contributed by atoms with Crippen molar-refractivity contribution < 1.29 is 9.59 Å². The number of hydrogen-bond donors (Lipinski definition) is 1. The number of hydrogen-bond acceptors (Lipinski definition) is 3. The van der Waals surface area contributed by atoms with Gasteiger partial charge >= 0.3 is 0 Å². The van der Waals surface area contributed by atoms with Crippen molar-refractivity contribution in [2.75, 3.05) is 36.4 Å². The van der Waals surface area contributed by atoms with Crippen LogP contribution in [0.5, 0.6) is 0 Å². The van der Waals surface area contributed by atoms with Crippen molar-refractivity contribution in [2.24, 2.45) is 23.2 Å². The Balaban J connectivity index is 1.20. The first-order chi connectivity index (χ1) is 14.4. The number of carbonyl (C=O) groups is 2. The molecule has 5 fully saturated rings. The number of carbonyl (C=O) groups excluding carboxylic acids is 2. The highest BCUT2D eigenvalue weighted by Gasteiger charge is 2.51. The van der Waals surface area contributed by atoms with Gasteiger partial charge in [0.05, 0.1) is 10.7 Å². The van der Waals surface area contributed by atoms with Gasteiger partial charge in [0.2, 0.25) is 11.8 Å². The standard InChI is InChI=1S/C24H32ClN3O2/c1-16(29)27-4-6-28(7-5-27)22-3-2-20(11-21(22)25)26-23(30)15-24-12-17-8-18(13-24)10-19(9-17)14-24/h2-3,11,17-19H,4-10,12-15H2,1H3,(H,26,30). The summed E-state index contributed by atoms with van der Waals surface area (Å²) in [6, 6.07) is 5.81. The third kappa shape index (κ3) is 3.93. The van der Waals surface area contributed by atoms with E-state index in [4.69, 9.17) is 11.6 Å². The second-order valence-corrected chi connectivity index (χ2v) is 10.7. The Kier molecular flexibility index (Phi) is 5.20. The zero-order valence-electron chi connectivity index (χ0n) is 17.8. The van der Waals surface area contributed by atoms with Gasteiger partial charge in [0, 0.05) is 45.2 Å². The van der Waals surface area contributed by atoms with E-state index in [0.717, 1.165) is 55.3 Å². The molecule has 1 heterocycles. The van der Waals surface area contributed by atoms with Gasteiger partial charge in [-0.15, -0.1) is 0 Å². The third-order valence-electron chi connectivity index (χ3n) is 8.00. The van der Waals surface area contributed by atoms with E-state index in [1.54, 1.807) is 6.92 Å². The predicted octanol–water partition coefficient (Wildman–Crippen LogP) is 4.55. The minimum Gasteiger partial charge on any atom is -0.367 e. The number of piperazine rings is 1. The SMILES string of the molecule is CC(=O)N1CCN(c2ccc(NC(=O)CC34CC5CC(CC(C5)C3)C4)cc2Cl)CC1. The van der Waals surface area contributed by atoms with Gasteiger partial charge < -0.3 is 15.1 Å². The summed E-state index contributed by atoms with van der Waals surface area (Å²) < 4.78 is 0. The lowest BCUT2D eigenvalue weighted by Gasteiger charge is -2.56. The van der Waals surface area contributed by atoms with Gasteiger partial charge in [-0.3, -0.25) is 9.59 Å². The number of benzene rings is 1. The molecule has 0 aromatic heterocycles. The fourth-order valence-corrected chi connectivity index (χ4v) is 7.46. The molecule has 6 rings (SSSR count). The van der Waals surface area contributed by atoms with Crippen molar-refractivity contribution >= 4 is 34.8 Å². The van der Waals surface area contributed by atoms with Crippen LogP contribution in [-0.2, 0) is 9.59 Å². The summed E-state index contributed by atoms with van der Waals surface area (Å²) >= 11 is 6.57. The molecule has 2 amide bonds. The quantitative estimate of drug-likeness (QED) is 0.763. The average Bonchev–Trinajstić information content (AvgIpc) is 2.66. The van der Waals surface area contributed by atoms with Crippen LogP contribution in [0.15, 0.2) is 18.2 Å². The molecule has 30 heavy (non-hydrogen) atoms. The molecule has 4 bridgehead atoms. The van der Waals surface area contributed by atoms with E-state index in [1.807, 2.05) is 23.1 Å². The molecule has 0 spiro atoms. The molecule has 0 atom stereocenters. The molecule has 0 unspecified atom stereocenters. The molecule has 4 aliphatic carbocycles. The summed E-state index contributed by atoms with van der Waals surface area (Å²) in [6.07, 6.45) is 8.60. The maximum atomic E-state index is 12.9. The molecule has 1 aromatic rings. The molecule has 5 nitrogen and oxygen atoms in total. The Hall–Kier alpha value is -1.75. The topological polar surface area (TPSA) is 52.7 Å². The molecule has 5 aliphatic rings. The monoisotopic (exact) mass is 429 g/mol. The zero-order valence-corrected chi connectivity index (χ0v) is 18.6. The van der Waals surface area contributed by atoms with Crippen LogP contribution in [0, 0.1) is 23.2 Å². The lowest BCUT2D eigenvalue weighted by Crippen LogP contribution is -2.48.